The molecule has 3 rings (SSSR count). The number of nitrogens with zero attached hydrogens (tertiary/aromatic N) is 2. The summed E-state index contributed by atoms with van der Waals surface area (Å²) in [6.07, 6.45) is 1.55. The minimum absolute atomic E-state index is 0.217. The number of hydrogen-bond donors (Lipinski definition) is 1. The maximum Gasteiger partial charge on any atom is 0.338 e. The van der Waals surface area contributed by atoms with Crippen molar-refractivity contribution in [3.8, 4) is 5.75 Å². The van der Waals surface area contributed by atoms with Gasteiger partial charge in [-0.25, -0.2) is 9.78 Å². The Kier molecular flexibility index (Phi) is 5.63. The van der Waals surface area contributed by atoms with E-state index in [1.54, 1.807) is 61.7 Å². The van der Waals surface area contributed by atoms with Gasteiger partial charge in [-0.2, -0.15) is 0 Å². The fourth-order valence-corrected chi connectivity index (χ4v) is 2.89. The summed E-state index contributed by atoms with van der Waals surface area (Å²) in [5, 5.41) is 2.83. The molecule has 3 aromatic rings. The topological polar surface area (TPSA) is 81.9 Å². The second-order valence-electron chi connectivity index (χ2n) is 6.53. The first-order valence-electron chi connectivity index (χ1n) is 9.13. The molecule has 0 saturated heterocycles. The van der Waals surface area contributed by atoms with Crippen LogP contribution in [0.15, 0.2) is 42.6 Å². The molecule has 2 heterocycles. The highest BCUT2D eigenvalue weighted by molar-refractivity contribution is 6.05. The molecule has 0 spiro atoms. The third kappa shape index (κ3) is 3.98. The fraction of sp³-hybridized carbons (Fsp3) is 0.286. The van der Waals surface area contributed by atoms with E-state index < -0.39 is 5.97 Å². The van der Waals surface area contributed by atoms with E-state index in [-0.39, 0.29) is 12.0 Å². The first-order chi connectivity index (χ1) is 13.4. The van der Waals surface area contributed by atoms with E-state index in [2.05, 4.69) is 10.3 Å². The Labute approximate surface area is 163 Å². The van der Waals surface area contributed by atoms with E-state index >= 15 is 0 Å². The molecule has 1 N–H and O–H groups in total. The van der Waals surface area contributed by atoms with Crippen molar-refractivity contribution < 1.29 is 19.1 Å². The Morgan fingerprint density at radius 2 is 2.00 bits per heavy atom. The predicted molar refractivity (Wildman–Crippen MR) is 106 cm³/mol. The number of nitrogens with one attached hydrogen (secondary N) is 1. The SMILES string of the molecule is CCOc1cccn2c(C(=O)Nc3cccc(C(=O)OC(C)C)c3)c(C)nc12. The minimum Gasteiger partial charge on any atom is -0.490 e. The van der Waals surface area contributed by atoms with Crippen LogP contribution in [0.3, 0.4) is 0 Å². The summed E-state index contributed by atoms with van der Waals surface area (Å²) in [7, 11) is 0. The molecule has 0 unspecified atom stereocenters. The van der Waals surface area contributed by atoms with Gasteiger partial charge in [0.05, 0.1) is 24.0 Å². The van der Waals surface area contributed by atoms with Gasteiger partial charge in [0.15, 0.2) is 11.4 Å². The number of imidazole rings is 1. The van der Waals surface area contributed by atoms with Gasteiger partial charge >= 0.3 is 5.97 Å². The third-order valence-corrected chi connectivity index (χ3v) is 4.00. The number of aryl methyl sites for hydroxylation is 1. The number of amides is 1. The summed E-state index contributed by atoms with van der Waals surface area (Å²) in [4.78, 5) is 29.5. The average Bonchev–Trinajstić information content (AvgIpc) is 2.98. The van der Waals surface area contributed by atoms with Crippen molar-refractivity contribution in [3.05, 3.63) is 59.5 Å². The Morgan fingerprint density at radius 3 is 2.71 bits per heavy atom. The molecule has 7 nitrogen and oxygen atoms in total. The van der Waals surface area contributed by atoms with Crippen LogP contribution in [0, 0.1) is 6.92 Å². The zero-order valence-electron chi connectivity index (χ0n) is 16.4. The van der Waals surface area contributed by atoms with Crippen molar-refractivity contribution >= 4 is 23.2 Å². The first-order valence-corrected chi connectivity index (χ1v) is 9.13. The zero-order chi connectivity index (χ0) is 20.3. The van der Waals surface area contributed by atoms with Crippen LogP contribution in [0.2, 0.25) is 0 Å². The summed E-state index contributed by atoms with van der Waals surface area (Å²) >= 11 is 0. The quantitative estimate of drug-likeness (QED) is 0.656. The van der Waals surface area contributed by atoms with Gasteiger partial charge in [-0.05, 0) is 58.0 Å². The van der Waals surface area contributed by atoms with E-state index in [9.17, 15) is 9.59 Å². The van der Waals surface area contributed by atoms with E-state index in [1.807, 2.05) is 13.0 Å². The smallest absolute Gasteiger partial charge is 0.338 e. The molecule has 0 saturated carbocycles. The van der Waals surface area contributed by atoms with Crippen LogP contribution in [-0.2, 0) is 4.74 Å². The molecular weight excluding hydrogens is 358 g/mol. The summed E-state index contributed by atoms with van der Waals surface area (Å²) in [5.74, 6) is -0.142. The summed E-state index contributed by atoms with van der Waals surface area (Å²) < 4.78 is 12.5. The van der Waals surface area contributed by atoms with Crippen LogP contribution in [0.1, 0.15) is 47.3 Å². The molecule has 0 aliphatic rings. The van der Waals surface area contributed by atoms with Gasteiger partial charge in [0.25, 0.3) is 5.91 Å². The van der Waals surface area contributed by atoms with E-state index in [1.165, 1.54) is 0 Å². The van der Waals surface area contributed by atoms with Crippen molar-refractivity contribution in [1.82, 2.24) is 9.38 Å². The third-order valence-electron chi connectivity index (χ3n) is 4.00. The molecule has 1 amide bonds. The summed E-state index contributed by atoms with van der Waals surface area (Å²) in [6.45, 7) is 7.74. The van der Waals surface area contributed by atoms with E-state index in [4.69, 9.17) is 9.47 Å². The van der Waals surface area contributed by atoms with Crippen LogP contribution in [0.25, 0.3) is 5.65 Å². The first kappa shape index (κ1) is 19.4. The number of fused-ring (bicyclic) bond motifs is 1. The number of anilines is 1. The molecule has 0 bridgehead atoms. The highest BCUT2D eigenvalue weighted by Crippen LogP contribution is 2.23. The molecule has 146 valence electrons. The van der Waals surface area contributed by atoms with Gasteiger partial charge in [0.1, 0.15) is 5.69 Å². The Hall–Kier alpha value is -3.35. The Morgan fingerprint density at radius 1 is 1.21 bits per heavy atom. The van der Waals surface area contributed by atoms with Crippen LogP contribution >= 0.6 is 0 Å². The Bertz CT molecular complexity index is 1020. The monoisotopic (exact) mass is 381 g/mol. The number of ether oxygens (including phenoxy) is 2. The van der Waals surface area contributed by atoms with Crippen molar-refractivity contribution in [2.45, 2.75) is 33.8 Å². The number of carbonyl (C=O) groups excluding carboxylic acids is 2. The number of aromatic nitrogens is 2. The van der Waals surface area contributed by atoms with Gasteiger partial charge < -0.3 is 14.8 Å². The van der Waals surface area contributed by atoms with Gasteiger partial charge in [0.2, 0.25) is 0 Å². The van der Waals surface area contributed by atoms with Crippen molar-refractivity contribution in [2.24, 2.45) is 0 Å². The molecule has 0 aliphatic carbocycles. The molecule has 1 aromatic carbocycles. The molecule has 7 heteroatoms. The van der Waals surface area contributed by atoms with E-state index in [0.29, 0.717) is 40.6 Å². The number of carbonyl (C=O) groups is 2. The highest BCUT2D eigenvalue weighted by atomic mass is 16.5. The summed E-state index contributed by atoms with van der Waals surface area (Å²) in [6, 6.07) is 10.3. The molecule has 0 atom stereocenters. The lowest BCUT2D eigenvalue weighted by molar-refractivity contribution is 0.0377. The number of esters is 1. The molecule has 28 heavy (non-hydrogen) atoms. The number of rotatable bonds is 6. The number of benzene rings is 1. The van der Waals surface area contributed by atoms with Crippen LogP contribution < -0.4 is 10.1 Å². The van der Waals surface area contributed by atoms with Gasteiger partial charge in [-0.3, -0.25) is 9.20 Å². The van der Waals surface area contributed by atoms with Crippen molar-refractivity contribution in [3.63, 3.8) is 0 Å². The lowest BCUT2D eigenvalue weighted by Crippen LogP contribution is -2.16. The maximum absolute atomic E-state index is 12.9. The van der Waals surface area contributed by atoms with Gasteiger partial charge in [0, 0.05) is 11.9 Å². The molecular formula is C21H23N3O4. The van der Waals surface area contributed by atoms with Gasteiger partial charge in [-0.1, -0.05) is 6.07 Å². The van der Waals surface area contributed by atoms with Crippen LogP contribution in [0.4, 0.5) is 5.69 Å². The second kappa shape index (κ2) is 8.12. The maximum atomic E-state index is 12.9. The second-order valence-corrected chi connectivity index (χ2v) is 6.53. The van der Waals surface area contributed by atoms with Crippen molar-refractivity contribution in [1.29, 1.82) is 0 Å². The summed E-state index contributed by atoms with van der Waals surface area (Å²) in [5.41, 5.74) is 2.45. The van der Waals surface area contributed by atoms with Crippen LogP contribution in [0.5, 0.6) is 5.75 Å². The van der Waals surface area contributed by atoms with Crippen molar-refractivity contribution in [2.75, 3.05) is 11.9 Å². The number of hydrogen-bond acceptors (Lipinski definition) is 5. The van der Waals surface area contributed by atoms with E-state index in [0.717, 1.165) is 0 Å². The standard InChI is InChI=1S/C21H23N3O4/c1-5-27-17-10-7-11-24-18(14(4)22-19(17)24)20(25)23-16-9-6-8-15(12-16)21(26)28-13(2)3/h6-13H,5H2,1-4H3,(H,23,25). The molecule has 0 fully saturated rings. The molecule has 0 radical (unpaired) electrons. The van der Waals surface area contributed by atoms with Gasteiger partial charge in [-0.15, -0.1) is 0 Å². The largest absolute Gasteiger partial charge is 0.490 e. The zero-order valence-corrected chi connectivity index (χ0v) is 16.4. The predicted octanol–water partition coefficient (Wildman–Crippen LogP) is 3.86. The normalized spacial score (nSPS) is 10.9. The average molecular weight is 381 g/mol. The Balaban J connectivity index is 1.89. The molecule has 0 aliphatic heterocycles. The van der Waals surface area contributed by atoms with Crippen LogP contribution in [-0.4, -0.2) is 34.0 Å². The highest BCUT2D eigenvalue weighted by Gasteiger charge is 2.19. The fourth-order valence-electron chi connectivity index (χ4n) is 2.89. The number of pyridine rings is 1. The lowest BCUT2D eigenvalue weighted by atomic mass is 10.2. The lowest BCUT2D eigenvalue weighted by Gasteiger charge is -2.10. The molecule has 2 aromatic heterocycles. The minimum atomic E-state index is -0.432.